The predicted octanol–water partition coefficient (Wildman–Crippen LogP) is 2.56. The van der Waals surface area contributed by atoms with E-state index in [4.69, 9.17) is 5.11 Å². The van der Waals surface area contributed by atoms with Gasteiger partial charge >= 0.3 is 11.9 Å². The van der Waals surface area contributed by atoms with Crippen LogP contribution in [0.5, 0.6) is 0 Å². The van der Waals surface area contributed by atoms with E-state index in [1.54, 1.807) is 0 Å². The van der Waals surface area contributed by atoms with Gasteiger partial charge in [0.1, 0.15) is 11.4 Å². The van der Waals surface area contributed by atoms with E-state index in [1.807, 2.05) is 0 Å². The van der Waals surface area contributed by atoms with Gasteiger partial charge in [0.25, 0.3) is 0 Å². The van der Waals surface area contributed by atoms with Crippen LogP contribution < -0.4 is 0 Å². The zero-order valence-corrected chi connectivity index (χ0v) is 7.99. The molecule has 0 bridgehead atoms. The quantitative estimate of drug-likeness (QED) is 0.747. The summed E-state index contributed by atoms with van der Waals surface area (Å²) in [4.78, 5) is 10.3. The lowest BCUT2D eigenvalue weighted by Crippen LogP contribution is -2.37. The van der Waals surface area contributed by atoms with Crippen LogP contribution in [-0.2, 0) is 4.79 Å². The highest BCUT2D eigenvalue weighted by Crippen LogP contribution is 2.42. The molecule has 0 spiro atoms. The molecule has 0 saturated heterocycles. The number of carboxylic acids is 1. The molecule has 78 valence electrons. The molecule has 0 saturated carbocycles. The molecular formula is C7H3BrF4O2. The lowest BCUT2D eigenvalue weighted by Gasteiger charge is -2.24. The van der Waals surface area contributed by atoms with Gasteiger partial charge in [0.05, 0.1) is 4.48 Å². The molecule has 0 amide bonds. The van der Waals surface area contributed by atoms with Crippen molar-refractivity contribution in [2.24, 2.45) is 0 Å². The Bertz CT molecular complexity index is 348. The first-order chi connectivity index (χ1) is 6.28. The molecule has 0 radical (unpaired) electrons. The van der Waals surface area contributed by atoms with Gasteiger partial charge in [0, 0.05) is 0 Å². The highest BCUT2D eigenvalue weighted by atomic mass is 79.9. The van der Waals surface area contributed by atoms with E-state index >= 15 is 0 Å². The van der Waals surface area contributed by atoms with Gasteiger partial charge in [-0.3, -0.25) is 0 Å². The topological polar surface area (TPSA) is 37.3 Å². The van der Waals surface area contributed by atoms with E-state index in [-0.39, 0.29) is 6.08 Å². The molecule has 0 aromatic rings. The number of rotatable bonds is 1. The maximum atomic E-state index is 12.9. The van der Waals surface area contributed by atoms with Crippen LogP contribution in [0.3, 0.4) is 0 Å². The van der Waals surface area contributed by atoms with Crippen LogP contribution in [0, 0.1) is 0 Å². The molecule has 0 aromatic carbocycles. The van der Waals surface area contributed by atoms with Gasteiger partial charge in [-0.05, 0) is 22.0 Å². The number of halogens is 5. The first-order valence-electron chi connectivity index (χ1n) is 3.31. The molecule has 2 nitrogen and oxygen atoms in total. The minimum atomic E-state index is -4.04. The number of hydrogen-bond donors (Lipinski definition) is 1. The van der Waals surface area contributed by atoms with Crippen molar-refractivity contribution in [2.45, 2.75) is 12.1 Å². The third-order valence-electron chi connectivity index (χ3n) is 1.63. The van der Waals surface area contributed by atoms with Gasteiger partial charge in [-0.2, -0.15) is 8.78 Å². The Labute approximate surface area is 84.0 Å². The molecule has 0 fully saturated rings. The Morgan fingerprint density at radius 2 is 2.07 bits per heavy atom. The summed E-state index contributed by atoms with van der Waals surface area (Å²) < 4.78 is 50.3. The van der Waals surface area contributed by atoms with Crippen LogP contribution in [0.4, 0.5) is 17.6 Å². The second-order valence-electron chi connectivity index (χ2n) is 2.54. The van der Waals surface area contributed by atoms with E-state index in [1.165, 1.54) is 0 Å². The zero-order chi connectivity index (χ0) is 11.1. The summed E-state index contributed by atoms with van der Waals surface area (Å²) in [6, 6.07) is 0. The minimum absolute atomic E-state index is 0.250. The number of alkyl halides is 3. The number of carboxylic acid groups (broad SMARTS) is 1. The monoisotopic (exact) mass is 274 g/mol. The summed E-state index contributed by atoms with van der Waals surface area (Å²) in [6.45, 7) is 0. The fourth-order valence-corrected chi connectivity index (χ4v) is 1.32. The fraction of sp³-hybridized carbons (Fsp3) is 0.286. The first-order valence-corrected chi connectivity index (χ1v) is 4.10. The van der Waals surface area contributed by atoms with Crippen molar-refractivity contribution in [2.75, 3.05) is 0 Å². The molecule has 7 heteroatoms. The Hall–Kier alpha value is -0.850. The molecular weight excluding hydrogens is 272 g/mol. The summed E-state index contributed by atoms with van der Waals surface area (Å²) in [5, 5.41) is 8.28. The molecule has 1 N–H and O–H groups in total. The number of hydrogen-bond acceptors (Lipinski definition) is 1. The van der Waals surface area contributed by atoms with Gasteiger partial charge in [0.2, 0.25) is 6.17 Å². The van der Waals surface area contributed by atoms with Gasteiger partial charge in [-0.1, -0.05) is 0 Å². The molecule has 1 aliphatic carbocycles. The maximum Gasteiger partial charge on any atom is 0.337 e. The van der Waals surface area contributed by atoms with Gasteiger partial charge < -0.3 is 5.11 Å². The lowest BCUT2D eigenvalue weighted by molar-refractivity contribution is -0.135. The maximum absolute atomic E-state index is 12.9. The molecule has 1 aliphatic rings. The van der Waals surface area contributed by atoms with Crippen molar-refractivity contribution in [3.63, 3.8) is 0 Å². The summed E-state index contributed by atoms with van der Waals surface area (Å²) in [5.41, 5.74) is -1.56. The fourth-order valence-electron chi connectivity index (χ4n) is 0.919. The number of allylic oxidation sites excluding steroid dienone is 3. The first kappa shape index (κ1) is 11.2. The second-order valence-corrected chi connectivity index (χ2v) is 3.40. The van der Waals surface area contributed by atoms with Gasteiger partial charge in [-0.15, -0.1) is 0 Å². The zero-order valence-electron chi connectivity index (χ0n) is 6.40. The van der Waals surface area contributed by atoms with Crippen molar-refractivity contribution >= 4 is 21.9 Å². The van der Waals surface area contributed by atoms with Gasteiger partial charge in [0.15, 0.2) is 0 Å². The molecule has 14 heavy (non-hydrogen) atoms. The summed E-state index contributed by atoms with van der Waals surface area (Å²) >= 11 is 2.27. The molecule has 1 atom stereocenters. The summed E-state index contributed by atoms with van der Waals surface area (Å²) in [7, 11) is 0. The van der Waals surface area contributed by atoms with E-state index in [0.29, 0.717) is 0 Å². The molecule has 0 aromatic heterocycles. The van der Waals surface area contributed by atoms with E-state index in [9.17, 15) is 22.4 Å². The molecule has 1 unspecified atom stereocenters. The lowest BCUT2D eigenvalue weighted by atomic mass is 9.99. The van der Waals surface area contributed by atoms with Crippen molar-refractivity contribution in [3.8, 4) is 0 Å². The summed E-state index contributed by atoms with van der Waals surface area (Å²) in [6.07, 6.45) is -2.93. The van der Waals surface area contributed by atoms with Crippen LogP contribution >= 0.6 is 15.9 Å². The number of carbonyl (C=O) groups is 1. The minimum Gasteiger partial charge on any atom is -0.478 e. The SMILES string of the molecule is O=C(O)C1=C(F)C=C(Br)C(F)(F)C1F. The van der Waals surface area contributed by atoms with Crippen molar-refractivity contribution in [1.82, 2.24) is 0 Å². The normalized spacial score (nSPS) is 26.1. The largest absolute Gasteiger partial charge is 0.478 e. The average molecular weight is 275 g/mol. The van der Waals surface area contributed by atoms with Gasteiger partial charge in [-0.25, -0.2) is 13.6 Å². The van der Waals surface area contributed by atoms with Crippen LogP contribution in [-0.4, -0.2) is 23.2 Å². The smallest absolute Gasteiger partial charge is 0.337 e. The highest BCUT2D eigenvalue weighted by molar-refractivity contribution is 9.11. The standard InChI is InChI=1S/C7H3BrF4O2/c8-3-1-2(9)4(6(13)14)5(10)7(3,11)12/h1,5H,(H,13,14). The Morgan fingerprint density at radius 1 is 1.57 bits per heavy atom. The van der Waals surface area contributed by atoms with E-state index in [2.05, 4.69) is 15.9 Å². The van der Waals surface area contributed by atoms with Crippen molar-refractivity contribution < 1.29 is 27.5 Å². The van der Waals surface area contributed by atoms with Crippen LogP contribution in [0.15, 0.2) is 22.0 Å². The van der Waals surface area contributed by atoms with E-state index < -0.39 is 33.9 Å². The Kier molecular flexibility index (Phi) is 2.71. The predicted molar refractivity (Wildman–Crippen MR) is 42.6 cm³/mol. The van der Waals surface area contributed by atoms with Crippen LogP contribution in [0.25, 0.3) is 0 Å². The van der Waals surface area contributed by atoms with Crippen LogP contribution in [0.1, 0.15) is 0 Å². The Balaban J connectivity index is 3.29. The molecule has 0 aliphatic heterocycles. The second kappa shape index (κ2) is 3.38. The third kappa shape index (κ3) is 1.56. The summed E-state index contributed by atoms with van der Waals surface area (Å²) in [5.74, 6) is -7.59. The number of aliphatic carboxylic acids is 1. The molecule has 1 rings (SSSR count). The van der Waals surface area contributed by atoms with E-state index in [0.717, 1.165) is 0 Å². The van der Waals surface area contributed by atoms with Crippen molar-refractivity contribution in [1.29, 1.82) is 0 Å². The Morgan fingerprint density at radius 3 is 2.50 bits per heavy atom. The highest BCUT2D eigenvalue weighted by Gasteiger charge is 2.51. The average Bonchev–Trinajstić information content (AvgIpc) is 2.00. The van der Waals surface area contributed by atoms with Crippen molar-refractivity contribution in [3.05, 3.63) is 22.0 Å². The molecule has 0 heterocycles. The third-order valence-corrected chi connectivity index (χ3v) is 2.39. The van der Waals surface area contributed by atoms with Crippen LogP contribution in [0.2, 0.25) is 0 Å².